The van der Waals surface area contributed by atoms with Crippen LogP contribution in [0.1, 0.15) is 112 Å². The van der Waals surface area contributed by atoms with E-state index in [0.717, 1.165) is 91.5 Å². The zero-order chi connectivity index (χ0) is 55.1. The highest BCUT2D eigenvalue weighted by Crippen LogP contribution is 2.38. The fourth-order valence-corrected chi connectivity index (χ4v) is 10.0. The predicted molar refractivity (Wildman–Crippen MR) is 295 cm³/mol. The van der Waals surface area contributed by atoms with Crippen molar-refractivity contribution in [2.75, 3.05) is 0 Å². The summed E-state index contributed by atoms with van der Waals surface area (Å²) in [6.45, 7) is 20.3. The molecule has 0 bridgehead atoms. The second kappa shape index (κ2) is 22.2. The quantitative estimate of drug-likeness (QED) is 0.124. The van der Waals surface area contributed by atoms with Crippen molar-refractivity contribution in [2.45, 2.75) is 120 Å². The van der Waals surface area contributed by atoms with Gasteiger partial charge in [0.1, 0.15) is 55.3 Å². The summed E-state index contributed by atoms with van der Waals surface area (Å²) in [7, 11) is 0. The van der Waals surface area contributed by atoms with Crippen LogP contribution >= 0.6 is 34.8 Å². The smallest absolute Gasteiger partial charge is 0.166 e. The average Bonchev–Trinajstić information content (AvgIpc) is 4.29. The number of ether oxygens (including phenoxy) is 3. The highest BCUT2D eigenvalue weighted by atomic mass is 35.5. The third-order valence-corrected chi connectivity index (χ3v) is 13.7. The lowest BCUT2D eigenvalue weighted by atomic mass is 10.1. The van der Waals surface area contributed by atoms with Crippen molar-refractivity contribution in [1.29, 1.82) is 5.26 Å². The van der Waals surface area contributed by atoms with E-state index in [1.54, 1.807) is 6.33 Å². The van der Waals surface area contributed by atoms with E-state index in [-0.39, 0.29) is 18.3 Å². The summed E-state index contributed by atoms with van der Waals surface area (Å²) < 4.78 is 29.4. The van der Waals surface area contributed by atoms with Gasteiger partial charge in [0, 0.05) is 31.8 Å². The van der Waals surface area contributed by atoms with Gasteiger partial charge in [-0.3, -0.25) is 13.7 Å². The van der Waals surface area contributed by atoms with E-state index < -0.39 is 0 Å². The van der Waals surface area contributed by atoms with Gasteiger partial charge in [-0.1, -0.05) is 40.7 Å². The van der Waals surface area contributed by atoms with E-state index in [4.69, 9.17) is 55.4 Å². The van der Waals surface area contributed by atoms with Crippen LogP contribution in [-0.2, 0) is 53.7 Å². The molecule has 0 saturated carbocycles. The minimum Gasteiger partial charge on any atom is -0.371 e. The third-order valence-electron chi connectivity index (χ3n) is 13.0. The van der Waals surface area contributed by atoms with Crippen molar-refractivity contribution >= 4 is 34.8 Å². The van der Waals surface area contributed by atoms with E-state index in [0.29, 0.717) is 77.6 Å². The molecule has 3 aliphatic rings. The van der Waals surface area contributed by atoms with Gasteiger partial charge in [0.25, 0.3) is 0 Å². The molecule has 0 amide bonds. The van der Waals surface area contributed by atoms with Crippen molar-refractivity contribution in [1.82, 2.24) is 72.9 Å². The van der Waals surface area contributed by atoms with Crippen molar-refractivity contribution in [3.05, 3.63) is 139 Å². The zero-order valence-electron chi connectivity index (χ0n) is 44.3. The minimum absolute atomic E-state index is 0.0839. The first-order valence-electron chi connectivity index (χ1n) is 25.1. The SMILES string of the molecule is C#Cc1nc(C)n2c1Cn1c(COC(C)C)nnc1-c1cc(Cl)ccc1-2.CC#Cc1nc(C)n2c1Cn1c(COC(C)C)nnc1-c1cc(Cl)ccc1-2.CC(C)OCc1nnc2n1Cc1c(C#N)ncn1-c1ccc(Cl)cc1-2. The van der Waals surface area contributed by atoms with Crippen molar-refractivity contribution < 1.29 is 14.2 Å². The molecule has 0 radical (unpaired) electrons. The first-order valence-corrected chi connectivity index (χ1v) is 26.2. The molecule has 396 valence electrons. The lowest BCUT2D eigenvalue weighted by Gasteiger charge is -2.10. The Morgan fingerprint density at radius 2 is 0.962 bits per heavy atom. The maximum Gasteiger partial charge on any atom is 0.166 e. The molecule has 12 rings (SSSR count). The van der Waals surface area contributed by atoms with E-state index in [1.165, 1.54) is 0 Å². The van der Waals surface area contributed by atoms with Crippen molar-refractivity contribution in [3.63, 3.8) is 0 Å². The van der Waals surface area contributed by atoms with Gasteiger partial charge in [-0.25, -0.2) is 15.0 Å². The Bertz CT molecular complexity index is 3920. The van der Waals surface area contributed by atoms with E-state index in [1.807, 2.05) is 131 Å². The maximum atomic E-state index is 9.40. The van der Waals surface area contributed by atoms with Gasteiger partial charge in [0.2, 0.25) is 0 Å². The van der Waals surface area contributed by atoms with E-state index in [9.17, 15) is 5.26 Å². The van der Waals surface area contributed by atoms with E-state index >= 15 is 0 Å². The van der Waals surface area contributed by atoms with Crippen LogP contribution in [0.2, 0.25) is 15.1 Å². The minimum atomic E-state index is 0.0839. The lowest BCUT2D eigenvalue weighted by Crippen LogP contribution is -2.12. The average molecular weight is 1100 g/mol. The molecule has 19 nitrogen and oxygen atoms in total. The topological polar surface area (TPSA) is 197 Å². The largest absolute Gasteiger partial charge is 0.371 e. The molecule has 0 saturated heterocycles. The molecule has 9 heterocycles. The molecule has 0 aliphatic carbocycles. The Kier molecular flexibility index (Phi) is 15.2. The molecular formula is C56H53Cl3N16O3. The zero-order valence-corrected chi connectivity index (χ0v) is 46.6. The molecule has 6 aromatic heterocycles. The van der Waals surface area contributed by atoms with Crippen molar-refractivity contribution in [2.24, 2.45) is 0 Å². The van der Waals surface area contributed by atoms with Gasteiger partial charge in [0.05, 0.1) is 72.1 Å². The molecule has 78 heavy (non-hydrogen) atoms. The fourth-order valence-electron chi connectivity index (χ4n) is 9.50. The molecule has 9 aromatic rings. The summed E-state index contributed by atoms with van der Waals surface area (Å²) >= 11 is 18.8. The van der Waals surface area contributed by atoms with Crippen LogP contribution in [0.5, 0.6) is 0 Å². The van der Waals surface area contributed by atoms with Crippen LogP contribution in [-0.4, -0.2) is 91.3 Å². The number of halogens is 3. The molecule has 0 atom stereocenters. The summed E-state index contributed by atoms with van der Waals surface area (Å²) in [4.78, 5) is 13.4. The summed E-state index contributed by atoms with van der Waals surface area (Å²) in [5.74, 6) is 14.9. The number of fused-ring (bicyclic) bond motifs is 15. The van der Waals surface area contributed by atoms with Crippen LogP contribution < -0.4 is 0 Å². The molecule has 3 aliphatic heterocycles. The molecule has 0 unspecified atom stereocenters. The summed E-state index contributed by atoms with van der Waals surface area (Å²) in [5, 5.41) is 37.5. The van der Waals surface area contributed by atoms with E-state index in [2.05, 4.69) is 83.1 Å². The Morgan fingerprint density at radius 1 is 0.564 bits per heavy atom. The number of benzene rings is 3. The van der Waals surface area contributed by atoms with Crippen LogP contribution in [0.25, 0.3) is 51.2 Å². The van der Waals surface area contributed by atoms with Gasteiger partial charge in [-0.2, -0.15) is 5.26 Å². The fraction of sp³-hybridized carbons (Fsp3) is 0.321. The molecule has 0 N–H and O–H groups in total. The Labute approximate surface area is 465 Å². The van der Waals surface area contributed by atoms with Gasteiger partial charge in [-0.15, -0.1) is 37.0 Å². The van der Waals surface area contributed by atoms with Crippen LogP contribution in [0.15, 0.2) is 60.9 Å². The molecule has 3 aromatic carbocycles. The molecule has 0 fully saturated rings. The first kappa shape index (κ1) is 53.5. The third kappa shape index (κ3) is 10.2. The second-order valence-corrected chi connectivity index (χ2v) is 20.6. The summed E-state index contributed by atoms with van der Waals surface area (Å²) in [6, 6.07) is 19.2. The number of rotatable bonds is 9. The number of aryl methyl sites for hydroxylation is 2. The number of nitrogens with zero attached hydrogens (tertiary/aromatic N) is 16. The monoisotopic (exact) mass is 1100 g/mol. The van der Waals surface area contributed by atoms with Crippen LogP contribution in [0.4, 0.5) is 0 Å². The molecule has 0 spiro atoms. The first-order chi connectivity index (χ1) is 37.6. The number of aromatic nitrogens is 15. The lowest BCUT2D eigenvalue weighted by molar-refractivity contribution is 0.0593. The number of hydrogen-bond donors (Lipinski definition) is 0. The van der Waals surface area contributed by atoms with Crippen molar-refractivity contribution in [3.8, 4) is 81.5 Å². The Balaban J connectivity index is 0.000000132. The summed E-state index contributed by atoms with van der Waals surface area (Å²) in [5.41, 5.74) is 9.96. The number of nitriles is 1. The van der Waals surface area contributed by atoms with Gasteiger partial charge < -0.3 is 27.9 Å². The van der Waals surface area contributed by atoms with Gasteiger partial charge >= 0.3 is 0 Å². The number of hydrogen-bond acceptors (Lipinski definition) is 13. The highest BCUT2D eigenvalue weighted by molar-refractivity contribution is 6.31. The predicted octanol–water partition coefficient (Wildman–Crippen LogP) is 10.1. The summed E-state index contributed by atoms with van der Waals surface area (Å²) in [6.07, 6.45) is 7.66. The maximum absolute atomic E-state index is 9.40. The Morgan fingerprint density at radius 3 is 1.37 bits per heavy atom. The number of imidazole rings is 3. The van der Waals surface area contributed by atoms with Gasteiger partial charge in [-0.05, 0) is 129 Å². The van der Waals surface area contributed by atoms with Crippen LogP contribution in [0.3, 0.4) is 0 Å². The highest BCUT2D eigenvalue weighted by Gasteiger charge is 2.30. The number of terminal acetylenes is 1. The molecule has 22 heteroatoms. The second-order valence-electron chi connectivity index (χ2n) is 19.3. The normalized spacial score (nSPS) is 12.2. The van der Waals surface area contributed by atoms with Crippen LogP contribution in [0, 0.1) is 49.4 Å². The Hall–Kier alpha value is -7.93. The van der Waals surface area contributed by atoms with Gasteiger partial charge in [0.15, 0.2) is 40.6 Å². The standard InChI is InChI=1S/C20H20ClN5O.C19H18ClN5O.C17H15ClN6O/c1-5-6-16-18-10-25-19(11-27-12(2)3)23-24-20(25)15-9-14(21)7-8-17(15)26(18)13(4)22-16;1-5-15-17-9-24-18(10-26-11(2)3)22-23-19(24)14-8-13(20)6-7-16(14)25(17)12(4)21-15;1-10(2)25-8-16-21-22-17-12-5-11(18)3-4-14(12)24-9-20-13(6-19)15(24)7-23(16)17/h7-9,12H,10-11H2,1-4H3;1,6-8,11H,9-10H2,2-4H3;3-5,9-10H,7-8H2,1-2H3. The molecular weight excluding hydrogens is 1050 g/mol.